The fourth-order valence-corrected chi connectivity index (χ4v) is 3.39. The van der Waals surface area contributed by atoms with Crippen molar-refractivity contribution in [2.24, 2.45) is 5.92 Å². The van der Waals surface area contributed by atoms with E-state index in [0.717, 1.165) is 26.5 Å². The number of fused-ring (bicyclic) bond motifs is 1. The van der Waals surface area contributed by atoms with Crippen LogP contribution in [-0.2, 0) is 11.2 Å². The van der Waals surface area contributed by atoms with E-state index in [1.165, 1.54) is 12.1 Å². The van der Waals surface area contributed by atoms with Gasteiger partial charge in [0.25, 0.3) is 0 Å². The van der Waals surface area contributed by atoms with Crippen LogP contribution in [0.2, 0.25) is 0 Å². The first-order valence-corrected chi connectivity index (χ1v) is 8.43. The number of thiazole rings is 1. The van der Waals surface area contributed by atoms with Gasteiger partial charge in [-0.2, -0.15) is 0 Å². The third-order valence-electron chi connectivity index (χ3n) is 3.79. The number of nitrogens with one attached hydrogen (secondary N) is 1. The zero-order chi connectivity index (χ0) is 17.3. The molecule has 1 heterocycles. The molecule has 0 bridgehead atoms. The summed E-state index contributed by atoms with van der Waals surface area (Å²) >= 11 is 1.59. The third-order valence-corrected chi connectivity index (χ3v) is 4.73. The van der Waals surface area contributed by atoms with Crippen molar-refractivity contribution in [2.45, 2.75) is 20.3 Å². The van der Waals surface area contributed by atoms with Crippen molar-refractivity contribution < 1.29 is 15.0 Å². The maximum atomic E-state index is 12.4. The van der Waals surface area contributed by atoms with Gasteiger partial charge in [-0.15, -0.1) is 11.3 Å². The van der Waals surface area contributed by atoms with Crippen molar-refractivity contribution in [2.75, 3.05) is 5.32 Å². The number of hydrogen-bond donors (Lipinski definition) is 3. The summed E-state index contributed by atoms with van der Waals surface area (Å²) < 4.78 is 1.04. The minimum Gasteiger partial charge on any atom is -0.504 e. The first kappa shape index (κ1) is 16.3. The number of benzene rings is 2. The predicted octanol–water partition coefficient (Wildman–Crippen LogP) is 3.83. The molecule has 1 atom stereocenters. The molecule has 24 heavy (non-hydrogen) atoms. The molecule has 2 aromatic carbocycles. The van der Waals surface area contributed by atoms with E-state index in [0.29, 0.717) is 6.42 Å². The van der Waals surface area contributed by atoms with Gasteiger partial charge >= 0.3 is 0 Å². The second-order valence-electron chi connectivity index (χ2n) is 5.83. The Hall–Kier alpha value is -2.60. The molecule has 1 amide bonds. The largest absolute Gasteiger partial charge is 0.504 e. The Morgan fingerprint density at radius 2 is 2.00 bits per heavy atom. The van der Waals surface area contributed by atoms with E-state index in [2.05, 4.69) is 10.3 Å². The minimum absolute atomic E-state index is 0.0943. The van der Waals surface area contributed by atoms with Crippen molar-refractivity contribution in [3.8, 4) is 11.5 Å². The van der Waals surface area contributed by atoms with Gasteiger partial charge in [0.15, 0.2) is 11.5 Å². The van der Waals surface area contributed by atoms with Crippen molar-refractivity contribution >= 4 is 33.1 Å². The zero-order valence-corrected chi connectivity index (χ0v) is 14.2. The molecule has 0 aliphatic heterocycles. The van der Waals surface area contributed by atoms with Gasteiger partial charge in [0.1, 0.15) is 0 Å². The molecule has 1 aromatic heterocycles. The zero-order valence-electron chi connectivity index (χ0n) is 13.4. The molecule has 0 saturated carbocycles. The fourth-order valence-electron chi connectivity index (χ4n) is 2.53. The number of amides is 1. The molecule has 0 radical (unpaired) electrons. The second kappa shape index (κ2) is 6.49. The van der Waals surface area contributed by atoms with Crippen LogP contribution in [0.15, 0.2) is 36.4 Å². The van der Waals surface area contributed by atoms with E-state index in [9.17, 15) is 15.0 Å². The van der Waals surface area contributed by atoms with Crippen LogP contribution in [0.1, 0.15) is 17.5 Å². The lowest BCUT2D eigenvalue weighted by Crippen LogP contribution is -2.22. The first-order valence-electron chi connectivity index (χ1n) is 7.61. The quantitative estimate of drug-likeness (QED) is 0.629. The molecule has 0 saturated heterocycles. The summed E-state index contributed by atoms with van der Waals surface area (Å²) in [4.78, 5) is 16.8. The first-order chi connectivity index (χ1) is 11.4. The maximum Gasteiger partial charge on any atom is 0.227 e. The third kappa shape index (κ3) is 3.49. The molecule has 3 rings (SSSR count). The summed E-state index contributed by atoms with van der Waals surface area (Å²) in [5.74, 6) is -0.703. The number of carbonyl (C=O) groups is 1. The maximum absolute atomic E-state index is 12.4. The van der Waals surface area contributed by atoms with Crippen LogP contribution < -0.4 is 5.32 Å². The number of nitrogens with zero attached hydrogens (tertiary/aromatic N) is 1. The highest BCUT2D eigenvalue weighted by atomic mass is 32.1. The van der Waals surface area contributed by atoms with Crippen LogP contribution in [0.25, 0.3) is 10.2 Å². The number of aryl methyl sites for hydroxylation is 1. The van der Waals surface area contributed by atoms with Crippen LogP contribution in [0.4, 0.5) is 5.69 Å². The number of hydrogen-bond acceptors (Lipinski definition) is 5. The van der Waals surface area contributed by atoms with Gasteiger partial charge in [0.2, 0.25) is 5.91 Å². The molecule has 0 aliphatic rings. The highest BCUT2D eigenvalue weighted by Crippen LogP contribution is 2.27. The number of phenolic OH excluding ortho intramolecular Hbond substituents is 2. The number of anilines is 1. The summed E-state index contributed by atoms with van der Waals surface area (Å²) in [6.45, 7) is 3.78. The van der Waals surface area contributed by atoms with Gasteiger partial charge in [-0.1, -0.05) is 13.0 Å². The Bertz CT molecular complexity index is 904. The highest BCUT2D eigenvalue weighted by molar-refractivity contribution is 7.18. The molecule has 1 unspecified atom stereocenters. The molecule has 6 heteroatoms. The van der Waals surface area contributed by atoms with Gasteiger partial charge in [0, 0.05) is 11.6 Å². The summed E-state index contributed by atoms with van der Waals surface area (Å²) in [6, 6.07) is 10.3. The van der Waals surface area contributed by atoms with Gasteiger partial charge in [0.05, 0.1) is 15.2 Å². The highest BCUT2D eigenvalue weighted by Gasteiger charge is 2.15. The molecule has 0 fully saturated rings. The Morgan fingerprint density at radius 1 is 1.21 bits per heavy atom. The Balaban J connectivity index is 1.69. The topological polar surface area (TPSA) is 82.5 Å². The lowest BCUT2D eigenvalue weighted by Gasteiger charge is -2.13. The summed E-state index contributed by atoms with van der Waals surface area (Å²) in [5.41, 5.74) is 2.47. The smallest absolute Gasteiger partial charge is 0.227 e. The normalized spacial score (nSPS) is 12.2. The second-order valence-corrected chi connectivity index (χ2v) is 7.07. The molecule has 3 aromatic rings. The van der Waals surface area contributed by atoms with Gasteiger partial charge in [-0.05, 0) is 49.2 Å². The van der Waals surface area contributed by atoms with Crippen LogP contribution in [0.5, 0.6) is 11.5 Å². The van der Waals surface area contributed by atoms with E-state index in [1.807, 2.05) is 32.0 Å². The summed E-state index contributed by atoms with van der Waals surface area (Å²) in [7, 11) is 0. The lowest BCUT2D eigenvalue weighted by atomic mass is 10.00. The Morgan fingerprint density at radius 3 is 2.75 bits per heavy atom. The Labute approximate surface area is 143 Å². The number of aromatic nitrogens is 1. The minimum atomic E-state index is -0.271. The standard InChI is InChI=1S/C18H18N2O3S/c1-10(7-12-3-6-15(21)16(22)8-12)18(23)20-13-4-5-14-17(9-13)24-11(2)19-14/h3-6,8-10,21-22H,7H2,1-2H3,(H,20,23). The van der Waals surface area contributed by atoms with Crippen molar-refractivity contribution in [3.63, 3.8) is 0 Å². The molecule has 3 N–H and O–H groups in total. The summed E-state index contributed by atoms with van der Waals surface area (Å²) in [6.07, 6.45) is 0.474. The monoisotopic (exact) mass is 342 g/mol. The van der Waals surface area contributed by atoms with Gasteiger partial charge in [-0.3, -0.25) is 4.79 Å². The molecule has 0 aliphatic carbocycles. The van der Waals surface area contributed by atoms with E-state index >= 15 is 0 Å². The van der Waals surface area contributed by atoms with Crippen LogP contribution in [-0.4, -0.2) is 21.1 Å². The number of rotatable bonds is 4. The van der Waals surface area contributed by atoms with E-state index < -0.39 is 0 Å². The van der Waals surface area contributed by atoms with Crippen LogP contribution in [0, 0.1) is 12.8 Å². The van der Waals surface area contributed by atoms with Crippen LogP contribution >= 0.6 is 11.3 Å². The molecular weight excluding hydrogens is 324 g/mol. The SMILES string of the molecule is Cc1nc2ccc(NC(=O)C(C)Cc3ccc(O)c(O)c3)cc2s1. The van der Waals surface area contributed by atoms with Gasteiger partial charge in [-0.25, -0.2) is 4.98 Å². The number of carbonyl (C=O) groups excluding carboxylic acids is 1. The molecule has 5 nitrogen and oxygen atoms in total. The predicted molar refractivity (Wildman–Crippen MR) is 95.6 cm³/mol. The average Bonchev–Trinajstić information content (AvgIpc) is 2.90. The number of aromatic hydroxyl groups is 2. The van der Waals surface area contributed by atoms with Crippen molar-refractivity contribution in [3.05, 3.63) is 47.0 Å². The van der Waals surface area contributed by atoms with E-state index in [4.69, 9.17) is 0 Å². The van der Waals surface area contributed by atoms with Crippen molar-refractivity contribution in [1.29, 1.82) is 0 Å². The lowest BCUT2D eigenvalue weighted by molar-refractivity contribution is -0.119. The molecule has 124 valence electrons. The molecular formula is C18H18N2O3S. The van der Waals surface area contributed by atoms with Crippen molar-refractivity contribution in [1.82, 2.24) is 4.98 Å². The van der Waals surface area contributed by atoms with Gasteiger partial charge < -0.3 is 15.5 Å². The average molecular weight is 342 g/mol. The molecule has 0 spiro atoms. The summed E-state index contributed by atoms with van der Waals surface area (Å²) in [5, 5.41) is 22.8. The number of phenols is 2. The fraction of sp³-hybridized carbons (Fsp3) is 0.222. The van der Waals surface area contributed by atoms with Crippen LogP contribution in [0.3, 0.4) is 0 Å². The Kier molecular flexibility index (Phi) is 4.40. The van der Waals surface area contributed by atoms with E-state index in [1.54, 1.807) is 17.4 Å². The van der Waals surface area contributed by atoms with E-state index in [-0.39, 0.29) is 23.3 Å².